The first-order chi connectivity index (χ1) is 12.5. The fraction of sp³-hybridized carbons (Fsp3) is 0.263. The lowest BCUT2D eigenvalue weighted by Gasteiger charge is -2.14. The lowest BCUT2D eigenvalue weighted by Crippen LogP contribution is -2.22. The molecule has 1 heterocycles. The number of carbonyl (C=O) groups excluding carboxylic acids is 1. The van der Waals surface area contributed by atoms with E-state index in [1.54, 1.807) is 32.4 Å². The van der Waals surface area contributed by atoms with Crippen LogP contribution in [-0.2, 0) is 11.2 Å². The molecule has 0 aliphatic carbocycles. The molecule has 3 rings (SSSR count). The zero-order chi connectivity index (χ0) is 18.7. The summed E-state index contributed by atoms with van der Waals surface area (Å²) in [4.78, 5) is 26.2. The second kappa shape index (κ2) is 7.35. The molecule has 0 saturated heterocycles. The van der Waals surface area contributed by atoms with Gasteiger partial charge in [0, 0.05) is 11.6 Å². The molecule has 0 aliphatic heterocycles. The van der Waals surface area contributed by atoms with Gasteiger partial charge < -0.3 is 19.2 Å². The summed E-state index contributed by atoms with van der Waals surface area (Å²) in [5.41, 5.74) is 2.56. The lowest BCUT2D eigenvalue weighted by atomic mass is 10.00. The van der Waals surface area contributed by atoms with Crippen molar-refractivity contribution < 1.29 is 18.7 Å². The van der Waals surface area contributed by atoms with Crippen LogP contribution >= 0.6 is 0 Å². The van der Waals surface area contributed by atoms with Crippen LogP contribution in [0.5, 0.6) is 11.5 Å². The fourth-order valence-corrected chi connectivity index (χ4v) is 2.75. The van der Waals surface area contributed by atoms with Crippen molar-refractivity contribution in [2.75, 3.05) is 19.5 Å². The number of H-pyrrole nitrogens is 1. The molecular formula is C19H20N2O5. The minimum absolute atomic E-state index is 0.120. The average molecular weight is 356 g/mol. The molecule has 3 aromatic rings. The number of hydrogen-bond acceptors (Lipinski definition) is 5. The number of nitrogens with one attached hydrogen (secondary N) is 2. The quantitative estimate of drug-likeness (QED) is 0.708. The monoisotopic (exact) mass is 356 g/mol. The number of oxazole rings is 1. The number of aromatic amines is 1. The van der Waals surface area contributed by atoms with Crippen molar-refractivity contribution in [3.63, 3.8) is 0 Å². The van der Waals surface area contributed by atoms with Crippen molar-refractivity contribution in [1.82, 2.24) is 4.98 Å². The van der Waals surface area contributed by atoms with Gasteiger partial charge in [0.15, 0.2) is 17.1 Å². The van der Waals surface area contributed by atoms with Crippen LogP contribution in [-0.4, -0.2) is 25.1 Å². The molecule has 0 aliphatic rings. The molecular weight excluding hydrogens is 336 g/mol. The molecule has 1 amide bonds. The second-order valence-corrected chi connectivity index (χ2v) is 6.01. The van der Waals surface area contributed by atoms with E-state index in [0.717, 1.165) is 5.56 Å². The molecule has 0 spiro atoms. The maximum Gasteiger partial charge on any atom is 0.417 e. The van der Waals surface area contributed by atoms with Gasteiger partial charge >= 0.3 is 5.76 Å². The Morgan fingerprint density at radius 3 is 2.65 bits per heavy atom. The summed E-state index contributed by atoms with van der Waals surface area (Å²) in [6.07, 6.45) is 0.553. The van der Waals surface area contributed by atoms with Crippen molar-refractivity contribution in [2.45, 2.75) is 13.3 Å². The molecule has 1 aromatic heterocycles. The summed E-state index contributed by atoms with van der Waals surface area (Å²) in [6.45, 7) is 1.85. The number of hydrogen-bond donors (Lipinski definition) is 2. The number of methoxy groups -OCH3 is 2. The highest BCUT2D eigenvalue weighted by Gasteiger charge is 2.16. The van der Waals surface area contributed by atoms with E-state index < -0.39 is 5.76 Å². The van der Waals surface area contributed by atoms with Crippen LogP contribution in [0.4, 0.5) is 5.69 Å². The third-order valence-corrected chi connectivity index (χ3v) is 4.12. The van der Waals surface area contributed by atoms with Gasteiger partial charge in [0.05, 0.1) is 19.7 Å². The molecule has 7 heteroatoms. The number of ether oxygens (including phenoxy) is 2. The van der Waals surface area contributed by atoms with Gasteiger partial charge in [0.2, 0.25) is 5.91 Å². The lowest BCUT2D eigenvalue weighted by molar-refractivity contribution is -0.119. The van der Waals surface area contributed by atoms with E-state index in [4.69, 9.17) is 13.9 Å². The molecule has 2 aromatic carbocycles. The standard InChI is InChI=1S/C19H20N2O5/c1-11(8-12-4-6-16(24-2)17(9-12)25-3)18(22)20-13-5-7-15-14(10-13)21-19(23)26-15/h4-7,9-11H,8H2,1-3H3,(H,20,22)(H,21,23). The van der Waals surface area contributed by atoms with E-state index in [0.29, 0.717) is 34.7 Å². The Kier molecular flexibility index (Phi) is 4.97. The van der Waals surface area contributed by atoms with Gasteiger partial charge in [-0.1, -0.05) is 13.0 Å². The molecule has 136 valence electrons. The molecule has 0 fully saturated rings. The first-order valence-corrected chi connectivity index (χ1v) is 8.15. The van der Waals surface area contributed by atoms with Crippen molar-refractivity contribution in [3.8, 4) is 11.5 Å². The third-order valence-electron chi connectivity index (χ3n) is 4.12. The number of carbonyl (C=O) groups is 1. The van der Waals surface area contributed by atoms with Crippen molar-refractivity contribution in [3.05, 3.63) is 52.5 Å². The van der Waals surface area contributed by atoms with E-state index in [1.807, 2.05) is 25.1 Å². The second-order valence-electron chi connectivity index (χ2n) is 6.01. The van der Waals surface area contributed by atoms with E-state index >= 15 is 0 Å². The zero-order valence-electron chi connectivity index (χ0n) is 14.8. The van der Waals surface area contributed by atoms with Gasteiger partial charge in [-0.2, -0.15) is 0 Å². The molecule has 1 atom stereocenters. The number of anilines is 1. The van der Waals surface area contributed by atoms with Crippen LogP contribution in [0.25, 0.3) is 11.1 Å². The summed E-state index contributed by atoms with van der Waals surface area (Å²) in [7, 11) is 3.16. The van der Waals surface area contributed by atoms with Gasteiger partial charge in [-0.25, -0.2) is 4.79 Å². The van der Waals surface area contributed by atoms with Crippen LogP contribution in [0, 0.1) is 5.92 Å². The zero-order valence-corrected chi connectivity index (χ0v) is 14.8. The Bertz CT molecular complexity index is 989. The number of aromatic nitrogens is 1. The Balaban J connectivity index is 1.69. The normalized spacial score (nSPS) is 12.0. The van der Waals surface area contributed by atoms with Gasteiger partial charge in [-0.15, -0.1) is 0 Å². The Hall–Kier alpha value is -3.22. The van der Waals surface area contributed by atoms with Crippen LogP contribution in [0.2, 0.25) is 0 Å². The molecule has 1 unspecified atom stereocenters. The van der Waals surface area contributed by atoms with Gasteiger partial charge in [-0.3, -0.25) is 9.78 Å². The van der Waals surface area contributed by atoms with E-state index in [-0.39, 0.29) is 11.8 Å². The van der Waals surface area contributed by atoms with Gasteiger partial charge in [0.1, 0.15) is 0 Å². The third kappa shape index (κ3) is 3.72. The van der Waals surface area contributed by atoms with Crippen LogP contribution in [0.1, 0.15) is 12.5 Å². The Morgan fingerprint density at radius 2 is 1.92 bits per heavy atom. The largest absolute Gasteiger partial charge is 0.493 e. The van der Waals surface area contributed by atoms with Crippen LogP contribution < -0.4 is 20.5 Å². The SMILES string of the molecule is COc1ccc(CC(C)C(=O)Nc2ccc3oc(=O)[nH]c3c2)cc1OC. The smallest absolute Gasteiger partial charge is 0.417 e. The Labute approximate surface area is 149 Å². The van der Waals surface area contributed by atoms with Gasteiger partial charge in [0.25, 0.3) is 0 Å². The van der Waals surface area contributed by atoms with E-state index in [2.05, 4.69) is 10.3 Å². The first kappa shape index (κ1) is 17.6. The number of fused-ring (bicyclic) bond motifs is 1. The maximum absolute atomic E-state index is 12.5. The molecule has 7 nitrogen and oxygen atoms in total. The van der Waals surface area contributed by atoms with Crippen molar-refractivity contribution >= 4 is 22.7 Å². The molecule has 2 N–H and O–H groups in total. The summed E-state index contributed by atoms with van der Waals surface area (Å²) in [5, 5.41) is 2.86. The highest BCUT2D eigenvalue weighted by atomic mass is 16.5. The molecule has 0 saturated carbocycles. The summed E-state index contributed by atoms with van der Waals surface area (Å²) < 4.78 is 15.5. The molecule has 26 heavy (non-hydrogen) atoms. The predicted octanol–water partition coefficient (Wildman–Crippen LogP) is 2.96. The number of benzene rings is 2. The average Bonchev–Trinajstić information content (AvgIpc) is 3.00. The van der Waals surface area contributed by atoms with Crippen molar-refractivity contribution in [2.24, 2.45) is 5.92 Å². The maximum atomic E-state index is 12.5. The molecule has 0 radical (unpaired) electrons. The van der Waals surface area contributed by atoms with E-state index in [1.165, 1.54) is 0 Å². The first-order valence-electron chi connectivity index (χ1n) is 8.15. The highest BCUT2D eigenvalue weighted by Crippen LogP contribution is 2.28. The fourth-order valence-electron chi connectivity index (χ4n) is 2.75. The minimum Gasteiger partial charge on any atom is -0.493 e. The predicted molar refractivity (Wildman–Crippen MR) is 97.9 cm³/mol. The van der Waals surface area contributed by atoms with Crippen molar-refractivity contribution in [1.29, 1.82) is 0 Å². The molecule has 0 bridgehead atoms. The minimum atomic E-state index is -0.523. The van der Waals surface area contributed by atoms with Crippen LogP contribution in [0.3, 0.4) is 0 Å². The van der Waals surface area contributed by atoms with Gasteiger partial charge in [-0.05, 0) is 42.3 Å². The van der Waals surface area contributed by atoms with Crippen LogP contribution in [0.15, 0.2) is 45.6 Å². The number of rotatable bonds is 6. The highest BCUT2D eigenvalue weighted by molar-refractivity contribution is 5.94. The summed E-state index contributed by atoms with van der Waals surface area (Å²) >= 11 is 0. The topological polar surface area (TPSA) is 93.6 Å². The summed E-state index contributed by atoms with van der Waals surface area (Å²) in [5.74, 6) is 0.380. The number of amides is 1. The van der Waals surface area contributed by atoms with E-state index in [9.17, 15) is 9.59 Å². The Morgan fingerprint density at radius 1 is 1.15 bits per heavy atom. The summed E-state index contributed by atoms with van der Waals surface area (Å²) in [6, 6.07) is 10.6.